The second-order valence-corrected chi connectivity index (χ2v) is 7.08. The van der Waals surface area contributed by atoms with Gasteiger partial charge in [0.1, 0.15) is 0 Å². The van der Waals surface area contributed by atoms with E-state index in [-0.39, 0.29) is 11.6 Å². The predicted molar refractivity (Wildman–Crippen MR) is 112 cm³/mol. The third-order valence-corrected chi connectivity index (χ3v) is 4.75. The van der Waals surface area contributed by atoms with Gasteiger partial charge in [0.15, 0.2) is 5.69 Å². The maximum atomic E-state index is 13.0. The first-order chi connectivity index (χ1) is 13.9. The van der Waals surface area contributed by atoms with Crippen LogP contribution in [0.4, 0.5) is 5.69 Å². The van der Waals surface area contributed by atoms with Crippen molar-refractivity contribution >= 4 is 11.6 Å². The first kappa shape index (κ1) is 18.6. The van der Waals surface area contributed by atoms with Gasteiger partial charge in [-0.25, -0.2) is 9.36 Å². The van der Waals surface area contributed by atoms with Crippen molar-refractivity contribution in [3.05, 3.63) is 82.9 Å². The first-order valence-corrected chi connectivity index (χ1v) is 9.37. The molecule has 1 amide bonds. The molecule has 2 aromatic heterocycles. The summed E-state index contributed by atoms with van der Waals surface area (Å²) in [4.78, 5) is 13.0. The summed E-state index contributed by atoms with van der Waals surface area (Å²) in [6.45, 7) is 7.78. The van der Waals surface area contributed by atoms with Gasteiger partial charge in [-0.05, 0) is 63.6 Å². The molecule has 2 aromatic carbocycles. The van der Waals surface area contributed by atoms with Crippen LogP contribution >= 0.6 is 0 Å². The second-order valence-electron chi connectivity index (χ2n) is 7.08. The number of para-hydroxylation sites is 2. The minimum atomic E-state index is -0.310. The molecule has 4 rings (SSSR count). The molecule has 0 atom stereocenters. The Morgan fingerprint density at radius 3 is 2.45 bits per heavy atom. The standard InChI is InChI=1S/C22H22N6O/c1-14-8-7-9-18(12-14)28-17(4)21(24-26-28)22(29)23-19-10-5-6-11-20(19)27-16(3)13-15(2)25-27/h5-13H,1-4H3,(H,23,29). The largest absolute Gasteiger partial charge is 0.319 e. The van der Waals surface area contributed by atoms with Crippen molar-refractivity contribution in [1.29, 1.82) is 0 Å². The number of carbonyl (C=O) groups excluding carboxylic acids is 1. The van der Waals surface area contributed by atoms with Crippen molar-refractivity contribution in [2.24, 2.45) is 0 Å². The van der Waals surface area contributed by atoms with Crippen molar-refractivity contribution in [3.8, 4) is 11.4 Å². The summed E-state index contributed by atoms with van der Waals surface area (Å²) < 4.78 is 3.50. The molecular formula is C22H22N6O. The highest BCUT2D eigenvalue weighted by molar-refractivity contribution is 6.04. The third kappa shape index (κ3) is 3.54. The Morgan fingerprint density at radius 2 is 1.72 bits per heavy atom. The Labute approximate surface area is 169 Å². The lowest BCUT2D eigenvalue weighted by Gasteiger charge is -2.12. The summed E-state index contributed by atoms with van der Waals surface area (Å²) in [7, 11) is 0. The Hall–Kier alpha value is -3.74. The average Bonchev–Trinajstić information content (AvgIpc) is 3.23. The Kier molecular flexibility index (Phi) is 4.72. The molecule has 0 saturated heterocycles. The van der Waals surface area contributed by atoms with E-state index in [1.807, 2.05) is 87.0 Å². The lowest BCUT2D eigenvalue weighted by molar-refractivity contribution is 0.102. The number of carbonyl (C=O) groups is 1. The zero-order valence-electron chi connectivity index (χ0n) is 16.8. The Morgan fingerprint density at radius 1 is 0.931 bits per heavy atom. The topological polar surface area (TPSA) is 77.6 Å². The van der Waals surface area contributed by atoms with Gasteiger partial charge in [-0.1, -0.05) is 29.5 Å². The molecule has 7 heteroatoms. The molecule has 0 bridgehead atoms. The van der Waals surface area contributed by atoms with E-state index in [1.54, 1.807) is 4.68 Å². The van der Waals surface area contributed by atoms with Crippen LogP contribution in [0.25, 0.3) is 11.4 Å². The van der Waals surface area contributed by atoms with Gasteiger partial charge < -0.3 is 5.32 Å². The van der Waals surface area contributed by atoms with Crippen LogP contribution in [0.2, 0.25) is 0 Å². The van der Waals surface area contributed by atoms with E-state index in [4.69, 9.17) is 0 Å². The van der Waals surface area contributed by atoms with Gasteiger partial charge in [0.05, 0.1) is 28.5 Å². The SMILES string of the molecule is Cc1cccc(-n2nnc(C(=O)Nc3ccccc3-n3nc(C)cc3C)c2C)c1. The van der Waals surface area contributed by atoms with Crippen LogP contribution in [0.1, 0.15) is 33.1 Å². The number of hydrogen-bond acceptors (Lipinski definition) is 4. The monoisotopic (exact) mass is 386 g/mol. The number of hydrogen-bond donors (Lipinski definition) is 1. The van der Waals surface area contributed by atoms with Gasteiger partial charge in [-0.2, -0.15) is 5.10 Å². The number of benzene rings is 2. The van der Waals surface area contributed by atoms with E-state index < -0.39 is 0 Å². The molecule has 0 aliphatic heterocycles. The molecule has 0 aliphatic rings. The van der Waals surface area contributed by atoms with E-state index >= 15 is 0 Å². The van der Waals surface area contributed by atoms with Gasteiger partial charge in [0.2, 0.25) is 0 Å². The number of anilines is 1. The number of rotatable bonds is 4. The van der Waals surface area contributed by atoms with Gasteiger partial charge >= 0.3 is 0 Å². The highest BCUT2D eigenvalue weighted by Gasteiger charge is 2.19. The zero-order chi connectivity index (χ0) is 20.5. The van der Waals surface area contributed by atoms with E-state index in [9.17, 15) is 4.79 Å². The normalized spacial score (nSPS) is 10.9. The highest BCUT2D eigenvalue weighted by Crippen LogP contribution is 2.23. The van der Waals surface area contributed by atoms with Gasteiger partial charge in [0.25, 0.3) is 5.91 Å². The van der Waals surface area contributed by atoms with Crippen molar-refractivity contribution in [2.45, 2.75) is 27.7 Å². The molecule has 0 radical (unpaired) electrons. The van der Waals surface area contributed by atoms with Crippen LogP contribution in [0.15, 0.2) is 54.6 Å². The Balaban J connectivity index is 1.66. The molecule has 29 heavy (non-hydrogen) atoms. The number of nitrogens with one attached hydrogen (secondary N) is 1. The summed E-state index contributed by atoms with van der Waals surface area (Å²) in [5.41, 5.74) is 6.32. The maximum Gasteiger partial charge on any atom is 0.278 e. The van der Waals surface area contributed by atoms with E-state index in [0.717, 1.165) is 28.3 Å². The van der Waals surface area contributed by atoms with Crippen molar-refractivity contribution < 1.29 is 4.79 Å². The Bertz CT molecular complexity index is 1200. The molecule has 4 aromatic rings. The van der Waals surface area contributed by atoms with Gasteiger partial charge in [-0.3, -0.25) is 4.79 Å². The summed E-state index contributed by atoms with van der Waals surface area (Å²) >= 11 is 0. The molecule has 0 unspecified atom stereocenters. The van der Waals surface area contributed by atoms with Crippen molar-refractivity contribution in [1.82, 2.24) is 24.8 Å². The average molecular weight is 386 g/mol. The van der Waals surface area contributed by atoms with Crippen LogP contribution in [-0.2, 0) is 0 Å². The van der Waals surface area contributed by atoms with Crippen LogP contribution < -0.4 is 5.32 Å². The molecule has 0 aliphatic carbocycles. The fraction of sp³-hybridized carbons (Fsp3) is 0.182. The van der Waals surface area contributed by atoms with Crippen LogP contribution in [-0.4, -0.2) is 30.7 Å². The molecule has 0 fully saturated rings. The van der Waals surface area contributed by atoms with E-state index in [2.05, 4.69) is 20.7 Å². The molecule has 2 heterocycles. The molecular weight excluding hydrogens is 364 g/mol. The van der Waals surface area contributed by atoms with Crippen LogP contribution in [0.3, 0.4) is 0 Å². The van der Waals surface area contributed by atoms with Gasteiger partial charge in [-0.15, -0.1) is 5.10 Å². The molecule has 1 N–H and O–H groups in total. The molecule has 0 spiro atoms. The summed E-state index contributed by atoms with van der Waals surface area (Å²) in [5, 5.41) is 15.8. The number of aromatic nitrogens is 5. The minimum absolute atomic E-state index is 0.287. The number of aryl methyl sites for hydroxylation is 3. The lowest BCUT2D eigenvalue weighted by Crippen LogP contribution is -2.16. The number of amides is 1. The maximum absolute atomic E-state index is 13.0. The number of nitrogens with zero attached hydrogens (tertiary/aromatic N) is 5. The highest BCUT2D eigenvalue weighted by atomic mass is 16.2. The fourth-order valence-corrected chi connectivity index (χ4v) is 3.36. The van der Waals surface area contributed by atoms with Crippen molar-refractivity contribution in [3.63, 3.8) is 0 Å². The first-order valence-electron chi connectivity index (χ1n) is 9.37. The smallest absolute Gasteiger partial charge is 0.278 e. The zero-order valence-corrected chi connectivity index (χ0v) is 16.8. The molecule has 146 valence electrons. The van der Waals surface area contributed by atoms with E-state index in [0.29, 0.717) is 11.4 Å². The van der Waals surface area contributed by atoms with Crippen molar-refractivity contribution in [2.75, 3.05) is 5.32 Å². The van der Waals surface area contributed by atoms with E-state index in [1.165, 1.54) is 0 Å². The van der Waals surface area contributed by atoms with Crippen LogP contribution in [0.5, 0.6) is 0 Å². The molecule has 0 saturated carbocycles. The second kappa shape index (κ2) is 7.35. The lowest BCUT2D eigenvalue weighted by atomic mass is 10.2. The fourth-order valence-electron chi connectivity index (χ4n) is 3.36. The summed E-state index contributed by atoms with van der Waals surface area (Å²) in [6.07, 6.45) is 0. The predicted octanol–water partition coefficient (Wildman–Crippen LogP) is 3.94. The minimum Gasteiger partial charge on any atom is -0.319 e. The van der Waals surface area contributed by atoms with Gasteiger partial charge in [0, 0.05) is 5.69 Å². The third-order valence-electron chi connectivity index (χ3n) is 4.75. The quantitative estimate of drug-likeness (QED) is 0.576. The molecule has 7 nitrogen and oxygen atoms in total. The summed E-state index contributed by atoms with van der Waals surface area (Å²) in [6, 6.07) is 17.5. The van der Waals surface area contributed by atoms with Crippen LogP contribution in [0, 0.1) is 27.7 Å². The summed E-state index contributed by atoms with van der Waals surface area (Å²) in [5.74, 6) is -0.310.